The molecule has 1 aromatic heterocycles. The minimum atomic E-state index is 1.08. The van der Waals surface area contributed by atoms with Gasteiger partial charge in [0.1, 0.15) is 0 Å². The number of aryl methyl sites for hydroxylation is 1. The van der Waals surface area contributed by atoms with Crippen molar-refractivity contribution in [3.05, 3.63) is 47.8 Å². The van der Waals surface area contributed by atoms with Crippen molar-refractivity contribution in [2.75, 3.05) is 0 Å². The second kappa shape index (κ2) is 3.56. The van der Waals surface area contributed by atoms with E-state index >= 15 is 0 Å². The molecule has 0 saturated heterocycles. The van der Waals surface area contributed by atoms with Gasteiger partial charge in [-0.15, -0.1) is 0 Å². The van der Waals surface area contributed by atoms with Crippen LogP contribution in [0.25, 0.3) is 5.57 Å². The van der Waals surface area contributed by atoms with Gasteiger partial charge in [-0.3, -0.25) is 4.98 Å². The molecule has 0 unspecified atom stereocenters. The van der Waals surface area contributed by atoms with Gasteiger partial charge in [0, 0.05) is 11.9 Å². The normalized spacial score (nSPS) is 15.6. The lowest BCUT2D eigenvalue weighted by Gasteiger charge is -2.06. The summed E-state index contributed by atoms with van der Waals surface area (Å²) in [6.07, 6.45) is 10.9. The number of hydrogen-bond donors (Lipinski definition) is 0. The molecule has 0 spiro atoms. The monoisotopic (exact) mass is 171 g/mol. The van der Waals surface area contributed by atoms with Crippen LogP contribution in [0.1, 0.15) is 24.1 Å². The van der Waals surface area contributed by atoms with Crippen molar-refractivity contribution in [2.45, 2.75) is 19.8 Å². The van der Waals surface area contributed by atoms with E-state index in [0.717, 1.165) is 12.1 Å². The van der Waals surface area contributed by atoms with Crippen LogP contribution in [0.3, 0.4) is 0 Å². The van der Waals surface area contributed by atoms with Crippen LogP contribution < -0.4 is 0 Å². The summed E-state index contributed by atoms with van der Waals surface area (Å²) in [4.78, 5) is 4.18. The molecular weight excluding hydrogens is 158 g/mol. The van der Waals surface area contributed by atoms with Gasteiger partial charge in [0.15, 0.2) is 0 Å². The molecule has 0 radical (unpaired) electrons. The van der Waals surface area contributed by atoms with Crippen molar-refractivity contribution in [1.82, 2.24) is 4.98 Å². The lowest BCUT2D eigenvalue weighted by atomic mass is 10.0. The van der Waals surface area contributed by atoms with E-state index in [1.165, 1.54) is 17.6 Å². The van der Waals surface area contributed by atoms with Crippen molar-refractivity contribution in [2.24, 2.45) is 0 Å². The minimum absolute atomic E-state index is 1.08. The highest BCUT2D eigenvalue weighted by Crippen LogP contribution is 2.20. The molecule has 1 heteroatoms. The Morgan fingerprint density at radius 2 is 2.23 bits per heavy atom. The Morgan fingerprint density at radius 3 is 2.92 bits per heavy atom. The van der Waals surface area contributed by atoms with E-state index in [1.807, 2.05) is 13.1 Å². The molecule has 0 amide bonds. The van der Waals surface area contributed by atoms with Gasteiger partial charge in [-0.05, 0) is 43.0 Å². The number of pyridine rings is 1. The molecule has 66 valence electrons. The number of nitrogens with zero attached hydrogens (tertiary/aromatic N) is 1. The Labute approximate surface area is 78.8 Å². The fourth-order valence-electron chi connectivity index (χ4n) is 1.55. The van der Waals surface area contributed by atoms with Crippen LogP contribution in [0.2, 0.25) is 0 Å². The molecule has 0 atom stereocenters. The maximum absolute atomic E-state index is 4.18. The molecular formula is C12H13N. The third-order valence-electron chi connectivity index (χ3n) is 2.22. The highest BCUT2D eigenvalue weighted by molar-refractivity contribution is 5.74. The van der Waals surface area contributed by atoms with Crippen molar-refractivity contribution < 1.29 is 0 Å². The first-order valence-corrected chi connectivity index (χ1v) is 4.66. The second-order valence-electron chi connectivity index (χ2n) is 3.33. The van der Waals surface area contributed by atoms with Crippen LogP contribution in [0.4, 0.5) is 0 Å². The third-order valence-corrected chi connectivity index (χ3v) is 2.22. The van der Waals surface area contributed by atoms with Crippen LogP contribution in [-0.2, 0) is 0 Å². The molecule has 0 aromatic carbocycles. The first-order chi connectivity index (χ1) is 6.36. The average molecular weight is 171 g/mol. The van der Waals surface area contributed by atoms with E-state index in [4.69, 9.17) is 0 Å². The fraction of sp³-hybridized carbons (Fsp3) is 0.250. The maximum atomic E-state index is 4.18. The SMILES string of the molecule is Cc1cc(C2=CCCC=C2)ccn1. The van der Waals surface area contributed by atoms with Crippen molar-refractivity contribution in [3.8, 4) is 0 Å². The van der Waals surface area contributed by atoms with Gasteiger partial charge in [-0.25, -0.2) is 0 Å². The van der Waals surface area contributed by atoms with E-state index < -0.39 is 0 Å². The molecule has 1 heterocycles. The summed E-state index contributed by atoms with van der Waals surface area (Å²) in [7, 11) is 0. The fourth-order valence-corrected chi connectivity index (χ4v) is 1.55. The molecule has 1 aliphatic rings. The summed E-state index contributed by atoms with van der Waals surface area (Å²) < 4.78 is 0. The van der Waals surface area contributed by atoms with Crippen molar-refractivity contribution in [3.63, 3.8) is 0 Å². The topological polar surface area (TPSA) is 12.9 Å². The molecule has 0 bridgehead atoms. The Kier molecular flexibility index (Phi) is 2.26. The summed E-state index contributed by atoms with van der Waals surface area (Å²) >= 11 is 0. The first-order valence-electron chi connectivity index (χ1n) is 4.66. The van der Waals surface area contributed by atoms with Crippen molar-refractivity contribution >= 4 is 5.57 Å². The number of rotatable bonds is 1. The standard InChI is InChI=1S/C12H13N/c1-10-9-12(7-8-13-10)11-5-3-2-4-6-11/h3,5-9H,2,4H2,1H3. The van der Waals surface area contributed by atoms with E-state index in [-0.39, 0.29) is 0 Å². The quantitative estimate of drug-likeness (QED) is 0.632. The maximum Gasteiger partial charge on any atom is 0.0378 e. The lowest BCUT2D eigenvalue weighted by Crippen LogP contribution is -1.88. The third kappa shape index (κ3) is 1.86. The zero-order valence-electron chi connectivity index (χ0n) is 7.83. The molecule has 13 heavy (non-hydrogen) atoms. The highest BCUT2D eigenvalue weighted by Gasteiger charge is 2.00. The molecule has 0 fully saturated rings. The van der Waals surface area contributed by atoms with Crippen LogP contribution >= 0.6 is 0 Å². The lowest BCUT2D eigenvalue weighted by molar-refractivity contribution is 1.04. The van der Waals surface area contributed by atoms with Gasteiger partial charge in [-0.2, -0.15) is 0 Å². The van der Waals surface area contributed by atoms with Gasteiger partial charge < -0.3 is 0 Å². The predicted molar refractivity (Wildman–Crippen MR) is 55.3 cm³/mol. The second-order valence-corrected chi connectivity index (χ2v) is 3.33. The van der Waals surface area contributed by atoms with Crippen molar-refractivity contribution in [1.29, 1.82) is 0 Å². The van der Waals surface area contributed by atoms with Gasteiger partial charge in [0.2, 0.25) is 0 Å². The van der Waals surface area contributed by atoms with Gasteiger partial charge in [0.05, 0.1) is 0 Å². The molecule has 1 aliphatic carbocycles. The van der Waals surface area contributed by atoms with Crippen LogP contribution in [-0.4, -0.2) is 4.98 Å². The molecule has 2 rings (SSSR count). The van der Waals surface area contributed by atoms with Gasteiger partial charge in [0.25, 0.3) is 0 Å². The molecule has 1 aromatic rings. The molecule has 0 aliphatic heterocycles. The minimum Gasteiger partial charge on any atom is -0.262 e. The van der Waals surface area contributed by atoms with Gasteiger partial charge >= 0.3 is 0 Å². The summed E-state index contributed by atoms with van der Waals surface area (Å²) in [5.41, 5.74) is 3.69. The Bertz CT molecular complexity index is 361. The Morgan fingerprint density at radius 1 is 1.31 bits per heavy atom. The molecule has 1 nitrogen and oxygen atoms in total. The molecule has 0 saturated carbocycles. The Balaban J connectivity index is 2.35. The zero-order valence-corrected chi connectivity index (χ0v) is 7.83. The van der Waals surface area contributed by atoms with Crippen LogP contribution in [0.15, 0.2) is 36.6 Å². The molecule has 0 N–H and O–H groups in total. The number of aromatic nitrogens is 1. The summed E-state index contributed by atoms with van der Waals surface area (Å²) in [6.45, 7) is 2.02. The summed E-state index contributed by atoms with van der Waals surface area (Å²) in [6, 6.07) is 4.19. The zero-order chi connectivity index (χ0) is 9.10. The van der Waals surface area contributed by atoms with Crippen LogP contribution in [0, 0.1) is 6.92 Å². The first kappa shape index (κ1) is 8.24. The summed E-state index contributed by atoms with van der Waals surface area (Å²) in [5, 5.41) is 0. The smallest absolute Gasteiger partial charge is 0.0378 e. The highest BCUT2D eigenvalue weighted by atomic mass is 14.6. The van der Waals surface area contributed by atoms with E-state index in [2.05, 4.69) is 35.3 Å². The van der Waals surface area contributed by atoms with E-state index in [9.17, 15) is 0 Å². The average Bonchev–Trinajstić information content (AvgIpc) is 2.19. The number of hydrogen-bond acceptors (Lipinski definition) is 1. The van der Waals surface area contributed by atoms with E-state index in [0.29, 0.717) is 0 Å². The van der Waals surface area contributed by atoms with Crippen LogP contribution in [0.5, 0.6) is 0 Å². The summed E-state index contributed by atoms with van der Waals surface area (Å²) in [5.74, 6) is 0. The number of allylic oxidation sites excluding steroid dienone is 4. The Hall–Kier alpha value is -1.37. The predicted octanol–water partition coefficient (Wildman–Crippen LogP) is 3.12. The van der Waals surface area contributed by atoms with E-state index in [1.54, 1.807) is 0 Å². The largest absolute Gasteiger partial charge is 0.262 e. The van der Waals surface area contributed by atoms with Gasteiger partial charge in [-0.1, -0.05) is 18.2 Å².